The van der Waals surface area contributed by atoms with Crippen LogP contribution in [0.25, 0.3) is 0 Å². The summed E-state index contributed by atoms with van der Waals surface area (Å²) >= 11 is 0. The number of hydrogen-bond donors (Lipinski definition) is 3. The molecule has 3 N–H and O–H groups in total. The van der Waals surface area contributed by atoms with E-state index in [1.807, 2.05) is 6.92 Å². The third-order valence-electron chi connectivity index (χ3n) is 2.94. The molecule has 21 heavy (non-hydrogen) atoms. The molecule has 1 aliphatic rings. The Bertz CT molecular complexity index is 583. The maximum atomic E-state index is 12.0. The Morgan fingerprint density at radius 3 is 2.52 bits per heavy atom. The van der Waals surface area contributed by atoms with Gasteiger partial charge in [0, 0.05) is 25.6 Å². The van der Waals surface area contributed by atoms with Crippen molar-refractivity contribution < 1.29 is 13.2 Å². The fourth-order valence-corrected chi connectivity index (χ4v) is 2.57. The first-order valence-electron chi connectivity index (χ1n) is 6.86. The molecule has 2 rings (SSSR count). The van der Waals surface area contributed by atoms with Gasteiger partial charge < -0.3 is 10.6 Å². The first kappa shape index (κ1) is 15.6. The van der Waals surface area contributed by atoms with Crippen LogP contribution in [0.4, 0.5) is 5.95 Å². The Morgan fingerprint density at radius 2 is 1.95 bits per heavy atom. The average Bonchev–Trinajstić information content (AvgIpc) is 3.29. The number of nitrogens with one attached hydrogen (secondary N) is 3. The number of amides is 1. The molecule has 1 aromatic heterocycles. The van der Waals surface area contributed by atoms with E-state index in [4.69, 9.17) is 0 Å². The second-order valence-electron chi connectivity index (χ2n) is 4.74. The molecule has 9 heteroatoms. The second kappa shape index (κ2) is 6.81. The summed E-state index contributed by atoms with van der Waals surface area (Å²) in [5.74, 6) is 0.495. The van der Waals surface area contributed by atoms with Crippen molar-refractivity contribution in [1.82, 2.24) is 20.0 Å². The minimum Gasteiger partial charge on any atom is -0.355 e. The van der Waals surface area contributed by atoms with Gasteiger partial charge in [-0.05, 0) is 19.8 Å². The number of anilines is 1. The van der Waals surface area contributed by atoms with E-state index in [1.54, 1.807) is 0 Å². The molecule has 0 atom stereocenters. The van der Waals surface area contributed by atoms with E-state index >= 15 is 0 Å². The quantitative estimate of drug-likeness (QED) is 0.569. The number of nitrogens with zero attached hydrogens (tertiary/aromatic N) is 2. The number of aromatic nitrogens is 2. The van der Waals surface area contributed by atoms with E-state index in [9.17, 15) is 13.2 Å². The van der Waals surface area contributed by atoms with E-state index in [-0.39, 0.29) is 29.8 Å². The summed E-state index contributed by atoms with van der Waals surface area (Å²) in [6, 6.07) is 0. The Hall–Kier alpha value is -1.74. The van der Waals surface area contributed by atoms with Crippen molar-refractivity contribution in [1.29, 1.82) is 0 Å². The zero-order valence-electron chi connectivity index (χ0n) is 11.8. The van der Waals surface area contributed by atoms with Crippen LogP contribution in [-0.4, -0.2) is 43.9 Å². The predicted molar refractivity (Wildman–Crippen MR) is 77.1 cm³/mol. The lowest BCUT2D eigenvalue weighted by molar-refractivity contribution is -0.122. The molecule has 0 aromatic carbocycles. The molecule has 1 amide bonds. The van der Waals surface area contributed by atoms with Crippen molar-refractivity contribution >= 4 is 21.9 Å². The van der Waals surface area contributed by atoms with Gasteiger partial charge in [-0.15, -0.1) is 0 Å². The third-order valence-corrected chi connectivity index (χ3v) is 4.35. The number of hydrogen-bond acceptors (Lipinski definition) is 6. The molecule has 1 saturated carbocycles. The van der Waals surface area contributed by atoms with Crippen molar-refractivity contribution in [3.05, 3.63) is 12.4 Å². The van der Waals surface area contributed by atoms with Crippen molar-refractivity contribution in [3.63, 3.8) is 0 Å². The van der Waals surface area contributed by atoms with Crippen LogP contribution in [0.2, 0.25) is 0 Å². The summed E-state index contributed by atoms with van der Waals surface area (Å²) in [6.07, 6.45) is 4.34. The number of carbonyl (C=O) groups is 1. The van der Waals surface area contributed by atoms with Crippen molar-refractivity contribution in [2.45, 2.75) is 24.7 Å². The zero-order valence-corrected chi connectivity index (χ0v) is 12.6. The largest absolute Gasteiger partial charge is 0.355 e. The molecule has 0 spiro atoms. The number of rotatable bonds is 8. The normalized spacial score (nSPS) is 14.7. The fraction of sp³-hybridized carbons (Fsp3) is 0.583. The van der Waals surface area contributed by atoms with E-state index in [2.05, 4.69) is 25.3 Å². The molecule has 8 nitrogen and oxygen atoms in total. The Balaban J connectivity index is 1.81. The number of sulfonamides is 1. The second-order valence-corrected chi connectivity index (χ2v) is 6.50. The summed E-state index contributed by atoms with van der Waals surface area (Å²) in [5.41, 5.74) is 0. The fourth-order valence-electron chi connectivity index (χ4n) is 1.65. The molecule has 0 aliphatic heterocycles. The summed E-state index contributed by atoms with van der Waals surface area (Å²) in [6.45, 7) is 2.96. The van der Waals surface area contributed by atoms with Gasteiger partial charge >= 0.3 is 0 Å². The molecular weight excluding hydrogens is 294 g/mol. The van der Waals surface area contributed by atoms with E-state index in [1.165, 1.54) is 12.4 Å². The number of carbonyl (C=O) groups excluding carboxylic acids is 1. The van der Waals surface area contributed by atoms with Crippen LogP contribution in [0.3, 0.4) is 0 Å². The summed E-state index contributed by atoms with van der Waals surface area (Å²) in [5, 5.41) is 5.57. The van der Waals surface area contributed by atoms with Gasteiger partial charge in [-0.2, -0.15) is 0 Å². The molecule has 0 radical (unpaired) electrons. The van der Waals surface area contributed by atoms with Crippen LogP contribution in [0.15, 0.2) is 17.3 Å². The summed E-state index contributed by atoms with van der Waals surface area (Å²) in [7, 11) is -3.65. The molecular formula is C12H19N5O3S. The van der Waals surface area contributed by atoms with Crippen LogP contribution < -0.4 is 15.4 Å². The standard InChI is InChI=1S/C12H19N5O3S/c1-2-13-12-15-7-10(8-16-12)21(19,20)17-6-5-14-11(18)9-3-4-9/h7-9,17H,2-6H2,1H3,(H,14,18)(H,13,15,16). The van der Waals surface area contributed by atoms with Crippen LogP contribution in [-0.2, 0) is 14.8 Å². The van der Waals surface area contributed by atoms with Gasteiger partial charge in [0.05, 0.1) is 12.4 Å². The minimum absolute atomic E-state index is 0.00216. The van der Waals surface area contributed by atoms with Crippen LogP contribution >= 0.6 is 0 Å². The lowest BCUT2D eigenvalue weighted by atomic mass is 10.4. The predicted octanol–water partition coefficient (Wildman–Crippen LogP) is -0.287. The molecule has 116 valence electrons. The lowest BCUT2D eigenvalue weighted by Gasteiger charge is -2.08. The minimum atomic E-state index is -3.65. The third kappa shape index (κ3) is 4.64. The highest BCUT2D eigenvalue weighted by Crippen LogP contribution is 2.28. The van der Waals surface area contributed by atoms with Crippen molar-refractivity contribution in [2.24, 2.45) is 5.92 Å². The molecule has 0 bridgehead atoms. The van der Waals surface area contributed by atoms with Gasteiger partial charge in [0.15, 0.2) is 0 Å². The van der Waals surface area contributed by atoms with Crippen LogP contribution in [0.1, 0.15) is 19.8 Å². The smallest absolute Gasteiger partial charge is 0.243 e. The molecule has 1 aliphatic carbocycles. The van der Waals surface area contributed by atoms with Crippen LogP contribution in [0.5, 0.6) is 0 Å². The van der Waals surface area contributed by atoms with E-state index in [0.717, 1.165) is 12.8 Å². The molecule has 0 unspecified atom stereocenters. The zero-order chi connectivity index (χ0) is 15.3. The average molecular weight is 313 g/mol. The van der Waals surface area contributed by atoms with Gasteiger partial charge in [-0.25, -0.2) is 23.1 Å². The van der Waals surface area contributed by atoms with E-state index in [0.29, 0.717) is 12.5 Å². The summed E-state index contributed by atoms with van der Waals surface area (Å²) < 4.78 is 26.3. The molecule has 1 aromatic rings. The van der Waals surface area contributed by atoms with E-state index < -0.39 is 10.0 Å². The maximum Gasteiger partial charge on any atom is 0.243 e. The Kier molecular flexibility index (Phi) is 5.07. The Labute approximate surface area is 123 Å². The molecule has 1 fully saturated rings. The van der Waals surface area contributed by atoms with Gasteiger partial charge in [-0.3, -0.25) is 4.79 Å². The molecule has 0 saturated heterocycles. The first-order valence-corrected chi connectivity index (χ1v) is 8.34. The van der Waals surface area contributed by atoms with Gasteiger partial charge in [0.2, 0.25) is 21.9 Å². The highest BCUT2D eigenvalue weighted by molar-refractivity contribution is 7.89. The van der Waals surface area contributed by atoms with Gasteiger partial charge in [0.1, 0.15) is 4.90 Å². The highest BCUT2D eigenvalue weighted by atomic mass is 32.2. The SMILES string of the molecule is CCNc1ncc(S(=O)(=O)NCCNC(=O)C2CC2)cn1. The lowest BCUT2D eigenvalue weighted by Crippen LogP contribution is -2.35. The molecule has 1 heterocycles. The summed E-state index contributed by atoms with van der Waals surface area (Å²) in [4.78, 5) is 19.2. The monoisotopic (exact) mass is 313 g/mol. The van der Waals surface area contributed by atoms with Crippen molar-refractivity contribution in [3.8, 4) is 0 Å². The van der Waals surface area contributed by atoms with Crippen molar-refractivity contribution in [2.75, 3.05) is 25.0 Å². The van der Waals surface area contributed by atoms with Gasteiger partial charge in [-0.1, -0.05) is 0 Å². The Morgan fingerprint density at radius 1 is 1.29 bits per heavy atom. The van der Waals surface area contributed by atoms with Gasteiger partial charge in [0.25, 0.3) is 0 Å². The first-order chi connectivity index (χ1) is 10.0. The maximum absolute atomic E-state index is 12.0. The van der Waals surface area contributed by atoms with Crippen LogP contribution in [0, 0.1) is 5.92 Å². The topological polar surface area (TPSA) is 113 Å². The highest BCUT2D eigenvalue weighted by Gasteiger charge is 2.29.